The topological polar surface area (TPSA) is 105 Å². The molecular formula is C25H33NO6. The van der Waals surface area contributed by atoms with E-state index in [1.807, 2.05) is 38.1 Å². The molecule has 1 fully saturated rings. The number of rotatable bonds is 9. The van der Waals surface area contributed by atoms with Crippen molar-refractivity contribution < 1.29 is 29.3 Å². The fourth-order valence-electron chi connectivity index (χ4n) is 3.60. The molecule has 2 aromatic carbocycles. The Bertz CT molecular complexity index is 849. The van der Waals surface area contributed by atoms with Gasteiger partial charge >= 0.3 is 11.9 Å². The zero-order valence-electron chi connectivity index (χ0n) is 18.8. The van der Waals surface area contributed by atoms with Crippen LogP contribution in [0.2, 0.25) is 0 Å². The largest absolute Gasteiger partial charge is 0.488 e. The van der Waals surface area contributed by atoms with Gasteiger partial charge in [0.1, 0.15) is 6.61 Å². The zero-order chi connectivity index (χ0) is 23.3. The minimum Gasteiger partial charge on any atom is -0.488 e. The number of carboxylic acid groups (broad SMARTS) is 2. The van der Waals surface area contributed by atoms with Gasteiger partial charge in [-0.05, 0) is 55.9 Å². The smallest absolute Gasteiger partial charge is 0.414 e. The second-order valence-electron chi connectivity index (χ2n) is 7.98. The molecule has 1 aliphatic rings. The van der Waals surface area contributed by atoms with E-state index in [1.165, 1.54) is 36.8 Å². The standard InChI is InChI=1S/C23H31NO2.C2H2O4/c1-18(2)26-23-13-6-5-12-22(23)25-15-14-24-17-19-8-7-11-21(16-19)20-9-3-4-10-20;3-1(4)2(5)6/h5-8,11-13,16,18,20,24H,3-4,9-10,14-15,17H2,1-2H3;(H,3,4)(H,5,6). The van der Waals surface area contributed by atoms with Gasteiger partial charge in [0.15, 0.2) is 11.5 Å². The SMILES string of the molecule is CC(C)Oc1ccccc1OCCNCc1cccc(C2CCCC2)c1.O=C(O)C(=O)O. The lowest BCUT2D eigenvalue weighted by molar-refractivity contribution is -0.159. The highest BCUT2D eigenvalue weighted by atomic mass is 16.5. The van der Waals surface area contributed by atoms with Crippen LogP contribution in [0.1, 0.15) is 56.6 Å². The maximum absolute atomic E-state index is 9.10. The van der Waals surface area contributed by atoms with Crippen LogP contribution >= 0.6 is 0 Å². The van der Waals surface area contributed by atoms with E-state index in [2.05, 4.69) is 29.6 Å². The fraction of sp³-hybridized carbons (Fsp3) is 0.440. The van der Waals surface area contributed by atoms with Crippen LogP contribution < -0.4 is 14.8 Å². The second kappa shape index (κ2) is 13.4. The van der Waals surface area contributed by atoms with Gasteiger partial charge in [0.05, 0.1) is 6.10 Å². The summed E-state index contributed by atoms with van der Waals surface area (Å²) >= 11 is 0. The molecule has 174 valence electrons. The fourth-order valence-corrected chi connectivity index (χ4v) is 3.60. The van der Waals surface area contributed by atoms with Gasteiger partial charge in [-0.2, -0.15) is 0 Å². The Morgan fingerprint density at radius 2 is 1.66 bits per heavy atom. The van der Waals surface area contributed by atoms with Gasteiger partial charge in [0.2, 0.25) is 0 Å². The molecule has 0 amide bonds. The highest BCUT2D eigenvalue weighted by Crippen LogP contribution is 2.34. The molecule has 7 nitrogen and oxygen atoms in total. The van der Waals surface area contributed by atoms with E-state index in [0.717, 1.165) is 30.5 Å². The molecule has 0 saturated heterocycles. The average Bonchev–Trinajstić information content (AvgIpc) is 3.30. The first-order chi connectivity index (χ1) is 15.4. The number of para-hydroxylation sites is 2. The molecule has 3 N–H and O–H groups in total. The zero-order valence-corrected chi connectivity index (χ0v) is 18.8. The molecule has 0 aliphatic heterocycles. The van der Waals surface area contributed by atoms with Crippen LogP contribution in [0, 0.1) is 0 Å². The van der Waals surface area contributed by atoms with E-state index in [1.54, 1.807) is 0 Å². The summed E-state index contributed by atoms with van der Waals surface area (Å²) in [4.78, 5) is 18.2. The number of carboxylic acids is 2. The summed E-state index contributed by atoms with van der Waals surface area (Å²) < 4.78 is 11.7. The molecule has 0 bridgehead atoms. The lowest BCUT2D eigenvalue weighted by atomic mass is 9.96. The number of ether oxygens (including phenoxy) is 2. The monoisotopic (exact) mass is 443 g/mol. The highest BCUT2D eigenvalue weighted by molar-refractivity contribution is 6.27. The maximum Gasteiger partial charge on any atom is 0.414 e. The number of benzene rings is 2. The van der Waals surface area contributed by atoms with Crippen molar-refractivity contribution in [3.63, 3.8) is 0 Å². The van der Waals surface area contributed by atoms with Crippen molar-refractivity contribution in [1.29, 1.82) is 0 Å². The van der Waals surface area contributed by atoms with Crippen molar-refractivity contribution in [3.05, 3.63) is 59.7 Å². The van der Waals surface area contributed by atoms with E-state index in [9.17, 15) is 0 Å². The molecule has 0 unspecified atom stereocenters. The van der Waals surface area contributed by atoms with E-state index < -0.39 is 11.9 Å². The van der Waals surface area contributed by atoms with Gasteiger partial charge in [0.25, 0.3) is 0 Å². The van der Waals surface area contributed by atoms with Crippen molar-refractivity contribution in [3.8, 4) is 11.5 Å². The highest BCUT2D eigenvalue weighted by Gasteiger charge is 2.16. The predicted molar refractivity (Wildman–Crippen MR) is 122 cm³/mol. The summed E-state index contributed by atoms with van der Waals surface area (Å²) in [6, 6.07) is 16.9. The Labute approximate surface area is 189 Å². The van der Waals surface area contributed by atoms with Crippen LogP contribution in [0.15, 0.2) is 48.5 Å². The molecule has 7 heteroatoms. The third kappa shape index (κ3) is 8.98. The third-order valence-corrected chi connectivity index (χ3v) is 5.04. The Morgan fingerprint density at radius 3 is 2.28 bits per heavy atom. The van der Waals surface area contributed by atoms with Gasteiger partial charge in [-0.1, -0.05) is 49.2 Å². The van der Waals surface area contributed by atoms with Crippen molar-refractivity contribution in [1.82, 2.24) is 5.32 Å². The molecule has 0 heterocycles. The Balaban J connectivity index is 0.000000534. The first-order valence-corrected chi connectivity index (χ1v) is 11.0. The van der Waals surface area contributed by atoms with Crippen LogP contribution in [0.3, 0.4) is 0 Å². The number of carbonyl (C=O) groups is 2. The van der Waals surface area contributed by atoms with Crippen molar-refractivity contribution in [2.75, 3.05) is 13.2 Å². The predicted octanol–water partition coefficient (Wildman–Crippen LogP) is 4.46. The number of aliphatic carboxylic acids is 2. The third-order valence-electron chi connectivity index (χ3n) is 5.04. The quantitative estimate of drug-likeness (QED) is 0.388. The lowest BCUT2D eigenvalue weighted by Crippen LogP contribution is -2.21. The normalized spacial score (nSPS) is 13.3. The summed E-state index contributed by atoms with van der Waals surface area (Å²) in [5.41, 5.74) is 2.87. The average molecular weight is 444 g/mol. The van der Waals surface area contributed by atoms with Gasteiger partial charge in [0, 0.05) is 13.1 Å². The summed E-state index contributed by atoms with van der Waals surface area (Å²) in [5.74, 6) is -1.25. The minimum atomic E-state index is -1.82. The van der Waals surface area contributed by atoms with E-state index >= 15 is 0 Å². The molecule has 32 heavy (non-hydrogen) atoms. The second-order valence-corrected chi connectivity index (χ2v) is 7.98. The Kier molecular flexibility index (Phi) is 10.5. The Hall–Kier alpha value is -3.06. The number of hydrogen-bond donors (Lipinski definition) is 3. The molecular weight excluding hydrogens is 410 g/mol. The molecule has 0 atom stereocenters. The Morgan fingerprint density at radius 1 is 1.00 bits per heavy atom. The lowest BCUT2D eigenvalue weighted by Gasteiger charge is -2.15. The molecule has 2 aromatic rings. The van der Waals surface area contributed by atoms with Gasteiger partial charge in [-0.25, -0.2) is 9.59 Å². The number of hydrogen-bond acceptors (Lipinski definition) is 5. The van der Waals surface area contributed by atoms with Gasteiger partial charge in [-0.3, -0.25) is 0 Å². The van der Waals surface area contributed by atoms with Crippen LogP contribution in [-0.2, 0) is 16.1 Å². The first-order valence-electron chi connectivity index (χ1n) is 11.0. The number of nitrogens with one attached hydrogen (secondary N) is 1. The first kappa shape index (κ1) is 25.2. The summed E-state index contributed by atoms with van der Waals surface area (Å²) in [6.45, 7) is 6.37. The maximum atomic E-state index is 9.10. The molecule has 0 radical (unpaired) electrons. The minimum absolute atomic E-state index is 0.144. The van der Waals surface area contributed by atoms with Crippen molar-refractivity contribution in [2.45, 2.75) is 58.1 Å². The molecule has 0 aromatic heterocycles. The van der Waals surface area contributed by atoms with Crippen molar-refractivity contribution >= 4 is 11.9 Å². The van der Waals surface area contributed by atoms with E-state index in [-0.39, 0.29) is 6.10 Å². The van der Waals surface area contributed by atoms with Gasteiger partial charge in [-0.15, -0.1) is 0 Å². The summed E-state index contributed by atoms with van der Waals surface area (Å²) in [6.07, 6.45) is 5.61. The van der Waals surface area contributed by atoms with E-state index in [0.29, 0.717) is 6.61 Å². The molecule has 3 rings (SSSR count). The molecule has 0 spiro atoms. The summed E-state index contributed by atoms with van der Waals surface area (Å²) in [7, 11) is 0. The van der Waals surface area contributed by atoms with Crippen LogP contribution in [-0.4, -0.2) is 41.4 Å². The van der Waals surface area contributed by atoms with Crippen LogP contribution in [0.5, 0.6) is 11.5 Å². The summed E-state index contributed by atoms with van der Waals surface area (Å²) in [5, 5.41) is 18.3. The van der Waals surface area contributed by atoms with E-state index in [4.69, 9.17) is 29.3 Å². The van der Waals surface area contributed by atoms with Crippen molar-refractivity contribution in [2.24, 2.45) is 0 Å². The van der Waals surface area contributed by atoms with Crippen LogP contribution in [0.25, 0.3) is 0 Å². The van der Waals surface area contributed by atoms with Gasteiger partial charge < -0.3 is 25.0 Å². The molecule has 1 saturated carbocycles. The molecule has 1 aliphatic carbocycles. The van der Waals surface area contributed by atoms with Crippen LogP contribution in [0.4, 0.5) is 0 Å².